The maximum atomic E-state index is 5.91. The van der Waals surface area contributed by atoms with E-state index in [-0.39, 0.29) is 5.88 Å². The largest absolute Gasteiger partial charge is 0.334 e. The average Bonchev–Trinajstić information content (AvgIpc) is 2.06. The molecule has 12 heavy (non-hydrogen) atoms. The quantitative estimate of drug-likeness (QED) is 0.602. The number of alkyl halides is 2. The zero-order chi connectivity index (χ0) is 9.03. The molecule has 1 aromatic rings. The lowest BCUT2D eigenvalue weighted by Crippen LogP contribution is -2.30. The molecule has 1 heterocycles. The fourth-order valence-corrected chi connectivity index (χ4v) is 0.722. The van der Waals surface area contributed by atoms with Crippen molar-refractivity contribution in [2.24, 2.45) is 0 Å². The van der Waals surface area contributed by atoms with Crippen LogP contribution in [0.25, 0.3) is 0 Å². The van der Waals surface area contributed by atoms with Gasteiger partial charge in [0, 0.05) is 0 Å². The van der Waals surface area contributed by atoms with Gasteiger partial charge in [0.25, 0.3) is 0 Å². The highest BCUT2D eigenvalue weighted by molar-refractivity contribution is 6.31. The Morgan fingerprint density at radius 2 is 2.08 bits per heavy atom. The lowest BCUT2D eigenvalue weighted by atomic mass is 10.4. The molecule has 66 valence electrons. The number of hydrogen-bond donors (Lipinski definition) is 1. The molecule has 0 spiro atoms. The van der Waals surface area contributed by atoms with E-state index >= 15 is 0 Å². The summed E-state index contributed by atoms with van der Waals surface area (Å²) in [5.74, 6) is 0.684. The third-order valence-electron chi connectivity index (χ3n) is 1.12. The first-order valence-electron chi connectivity index (χ1n) is 3.29. The number of anilines is 1. The van der Waals surface area contributed by atoms with Gasteiger partial charge in [-0.25, -0.2) is 15.0 Å². The maximum absolute atomic E-state index is 5.91. The smallest absolute Gasteiger partial charge is 0.227 e. The van der Waals surface area contributed by atoms with E-state index in [2.05, 4.69) is 20.3 Å². The predicted molar refractivity (Wildman–Crippen MR) is 48.4 cm³/mol. The second-order valence-corrected chi connectivity index (χ2v) is 3.52. The summed E-state index contributed by atoms with van der Waals surface area (Å²) in [6.07, 6.45) is 2.77. The second-order valence-electron chi connectivity index (χ2n) is 2.42. The Labute approximate surface area is 80.3 Å². The van der Waals surface area contributed by atoms with Crippen LogP contribution in [0.3, 0.4) is 0 Å². The van der Waals surface area contributed by atoms with Crippen LogP contribution >= 0.6 is 23.2 Å². The van der Waals surface area contributed by atoms with Crippen molar-refractivity contribution >= 4 is 29.2 Å². The van der Waals surface area contributed by atoms with Crippen molar-refractivity contribution < 1.29 is 0 Å². The van der Waals surface area contributed by atoms with E-state index in [4.69, 9.17) is 23.2 Å². The van der Waals surface area contributed by atoms with Gasteiger partial charge in [0.15, 0.2) is 0 Å². The van der Waals surface area contributed by atoms with Crippen molar-refractivity contribution in [3.05, 3.63) is 12.7 Å². The fourth-order valence-electron chi connectivity index (χ4n) is 0.570. The van der Waals surface area contributed by atoms with Gasteiger partial charge in [-0.05, 0) is 6.92 Å². The van der Waals surface area contributed by atoms with Crippen LogP contribution in [0.4, 0.5) is 5.95 Å². The molecular weight excluding hydrogens is 199 g/mol. The van der Waals surface area contributed by atoms with Crippen LogP contribution in [0.5, 0.6) is 0 Å². The molecule has 1 unspecified atom stereocenters. The third kappa shape index (κ3) is 2.79. The number of rotatable bonds is 3. The zero-order valence-corrected chi connectivity index (χ0v) is 7.97. The molecule has 1 atom stereocenters. The van der Waals surface area contributed by atoms with Crippen molar-refractivity contribution in [2.75, 3.05) is 11.2 Å². The van der Waals surface area contributed by atoms with Gasteiger partial charge in [-0.15, -0.1) is 11.6 Å². The summed E-state index contributed by atoms with van der Waals surface area (Å²) in [6, 6.07) is 0. The van der Waals surface area contributed by atoms with Crippen LogP contribution in [-0.2, 0) is 0 Å². The molecule has 6 heteroatoms. The van der Waals surface area contributed by atoms with Crippen LogP contribution < -0.4 is 5.32 Å². The molecule has 0 aliphatic rings. The summed E-state index contributed by atoms with van der Waals surface area (Å²) in [5, 5.41) is 2.84. The second kappa shape index (κ2) is 3.87. The van der Waals surface area contributed by atoms with E-state index < -0.39 is 5.00 Å². The van der Waals surface area contributed by atoms with E-state index in [1.165, 1.54) is 12.7 Å². The Bertz CT molecular complexity index is 239. The van der Waals surface area contributed by atoms with Gasteiger partial charge in [-0.1, -0.05) is 11.6 Å². The van der Waals surface area contributed by atoms with E-state index in [1.54, 1.807) is 6.92 Å². The zero-order valence-electron chi connectivity index (χ0n) is 6.46. The third-order valence-corrected chi connectivity index (χ3v) is 2.02. The van der Waals surface area contributed by atoms with Gasteiger partial charge in [0.1, 0.15) is 17.7 Å². The van der Waals surface area contributed by atoms with Crippen LogP contribution in [0.2, 0.25) is 0 Å². The van der Waals surface area contributed by atoms with E-state index in [0.29, 0.717) is 5.95 Å². The normalized spacial score (nSPS) is 15.2. The van der Waals surface area contributed by atoms with E-state index in [1.807, 2.05) is 0 Å². The molecule has 0 radical (unpaired) electrons. The van der Waals surface area contributed by atoms with E-state index in [9.17, 15) is 0 Å². The van der Waals surface area contributed by atoms with Gasteiger partial charge in [-0.3, -0.25) is 0 Å². The molecule has 0 amide bonds. The summed E-state index contributed by atoms with van der Waals surface area (Å²) in [7, 11) is 0. The Morgan fingerprint density at radius 1 is 1.50 bits per heavy atom. The van der Waals surface area contributed by atoms with Crippen molar-refractivity contribution in [1.29, 1.82) is 0 Å². The number of hydrogen-bond acceptors (Lipinski definition) is 4. The minimum Gasteiger partial charge on any atom is -0.334 e. The Morgan fingerprint density at radius 3 is 2.58 bits per heavy atom. The predicted octanol–water partition coefficient (Wildman–Crippen LogP) is 1.48. The number of nitrogens with zero attached hydrogens (tertiary/aromatic N) is 3. The molecule has 0 saturated heterocycles. The number of halogens is 2. The number of aromatic nitrogens is 3. The summed E-state index contributed by atoms with van der Waals surface area (Å²) < 4.78 is 0. The van der Waals surface area contributed by atoms with Crippen LogP contribution in [0.1, 0.15) is 6.92 Å². The standard InChI is InChI=1S/C6H8Cl2N4/c1-6(8,2-7)12-5-10-3-9-4-11-5/h3-4H,2H2,1H3,(H,9,10,11,12). The minimum absolute atomic E-state index is 0.264. The molecule has 0 aromatic carbocycles. The molecule has 1 N–H and O–H groups in total. The van der Waals surface area contributed by atoms with Crippen molar-refractivity contribution in [1.82, 2.24) is 15.0 Å². The van der Waals surface area contributed by atoms with Gasteiger partial charge < -0.3 is 5.32 Å². The first kappa shape index (κ1) is 9.48. The summed E-state index contributed by atoms with van der Waals surface area (Å²) in [5.41, 5.74) is 0. The molecule has 1 aromatic heterocycles. The molecule has 0 aliphatic heterocycles. The van der Waals surface area contributed by atoms with Gasteiger partial charge >= 0.3 is 0 Å². The fraction of sp³-hybridized carbons (Fsp3) is 0.500. The van der Waals surface area contributed by atoms with Crippen LogP contribution in [0, 0.1) is 0 Å². The Balaban J connectivity index is 2.64. The Hall–Kier alpha value is -0.610. The van der Waals surface area contributed by atoms with Crippen molar-refractivity contribution in [3.63, 3.8) is 0 Å². The first-order valence-corrected chi connectivity index (χ1v) is 4.20. The first-order chi connectivity index (χ1) is 5.64. The van der Waals surface area contributed by atoms with Gasteiger partial charge in [0.2, 0.25) is 5.95 Å². The lowest BCUT2D eigenvalue weighted by molar-refractivity contribution is 0.793. The highest BCUT2D eigenvalue weighted by atomic mass is 35.5. The molecule has 1 rings (SSSR count). The molecule has 0 fully saturated rings. The molecule has 0 bridgehead atoms. The summed E-state index contributed by atoms with van der Waals surface area (Å²) in [6.45, 7) is 1.74. The summed E-state index contributed by atoms with van der Waals surface area (Å²) >= 11 is 11.5. The van der Waals surface area contributed by atoms with Crippen molar-refractivity contribution in [3.8, 4) is 0 Å². The van der Waals surface area contributed by atoms with Crippen molar-refractivity contribution in [2.45, 2.75) is 11.9 Å². The van der Waals surface area contributed by atoms with Crippen LogP contribution in [0.15, 0.2) is 12.7 Å². The maximum Gasteiger partial charge on any atom is 0.227 e. The topological polar surface area (TPSA) is 50.7 Å². The highest BCUT2D eigenvalue weighted by Gasteiger charge is 2.19. The van der Waals surface area contributed by atoms with Crippen LogP contribution in [-0.4, -0.2) is 25.8 Å². The van der Waals surface area contributed by atoms with E-state index in [0.717, 1.165) is 0 Å². The molecular formula is C6H8Cl2N4. The molecule has 0 aliphatic carbocycles. The SMILES string of the molecule is CC(Cl)(CCl)Nc1ncncn1. The van der Waals surface area contributed by atoms with Gasteiger partial charge in [-0.2, -0.15) is 0 Å². The highest BCUT2D eigenvalue weighted by Crippen LogP contribution is 2.16. The summed E-state index contributed by atoms with van der Waals surface area (Å²) in [4.78, 5) is 10.6. The molecule has 4 nitrogen and oxygen atoms in total. The average molecular weight is 207 g/mol. The Kier molecular flexibility index (Phi) is 3.05. The lowest BCUT2D eigenvalue weighted by Gasteiger charge is -2.19. The monoisotopic (exact) mass is 206 g/mol. The van der Waals surface area contributed by atoms with Gasteiger partial charge in [0.05, 0.1) is 5.88 Å². The molecule has 0 saturated carbocycles. The minimum atomic E-state index is -0.719. The number of nitrogens with one attached hydrogen (secondary N) is 1.